The summed E-state index contributed by atoms with van der Waals surface area (Å²) in [7, 11) is 0. The van der Waals surface area contributed by atoms with Gasteiger partial charge < -0.3 is 10.1 Å². The number of imidazole rings is 1. The van der Waals surface area contributed by atoms with Crippen molar-refractivity contribution in [3.8, 4) is 5.75 Å². The second kappa shape index (κ2) is 4.14. The molecule has 1 saturated heterocycles. The molecule has 2 N–H and O–H groups in total. The molecule has 2 aromatic rings. The number of aromatic hydroxyl groups is 1. The normalized spacial score (nSPS) is 20.1. The Kier molecular flexibility index (Phi) is 2.63. The maximum Gasteiger partial charge on any atom is 0.326 e. The molecule has 1 aromatic heterocycles. The quantitative estimate of drug-likeness (QED) is 0.854. The van der Waals surface area contributed by atoms with Crippen LogP contribution in [0.15, 0.2) is 23.0 Å². The number of aromatic amines is 1. The van der Waals surface area contributed by atoms with Crippen LogP contribution in [-0.4, -0.2) is 26.2 Å². The zero-order chi connectivity index (χ0) is 11.8. The number of benzene rings is 1. The maximum atomic E-state index is 11.9. The summed E-state index contributed by atoms with van der Waals surface area (Å²) >= 11 is 1.94. The molecular weight excluding hydrogens is 236 g/mol. The number of hydrogen-bond acceptors (Lipinski definition) is 3. The fraction of sp³-hybridized carbons (Fsp3) is 0.417. The molecule has 1 unspecified atom stereocenters. The lowest BCUT2D eigenvalue weighted by Crippen LogP contribution is -2.21. The summed E-state index contributed by atoms with van der Waals surface area (Å²) < 4.78 is 1.74. The van der Waals surface area contributed by atoms with Gasteiger partial charge in [-0.05, 0) is 36.0 Å². The number of phenols is 1. The van der Waals surface area contributed by atoms with Crippen molar-refractivity contribution in [2.24, 2.45) is 5.92 Å². The summed E-state index contributed by atoms with van der Waals surface area (Å²) in [6.07, 6.45) is 1.17. The molecule has 2 heterocycles. The second-order valence-electron chi connectivity index (χ2n) is 4.44. The number of phenolic OH excluding ortho intramolecular Hbond substituents is 1. The zero-order valence-corrected chi connectivity index (χ0v) is 10.2. The van der Waals surface area contributed by atoms with Crippen LogP contribution in [0.4, 0.5) is 0 Å². The molecule has 0 saturated carbocycles. The van der Waals surface area contributed by atoms with Crippen molar-refractivity contribution in [2.45, 2.75) is 13.0 Å². The number of thioether (sulfide) groups is 1. The second-order valence-corrected chi connectivity index (χ2v) is 5.59. The summed E-state index contributed by atoms with van der Waals surface area (Å²) in [6.45, 7) is 0.745. The van der Waals surface area contributed by atoms with Gasteiger partial charge >= 0.3 is 5.69 Å². The molecule has 0 spiro atoms. The molecule has 1 aliphatic rings. The van der Waals surface area contributed by atoms with Gasteiger partial charge in [0.05, 0.1) is 5.52 Å². The number of nitrogens with one attached hydrogen (secondary N) is 1. The summed E-state index contributed by atoms with van der Waals surface area (Å²) in [4.78, 5) is 14.6. The Morgan fingerprint density at radius 2 is 2.41 bits per heavy atom. The Morgan fingerprint density at radius 1 is 1.53 bits per heavy atom. The van der Waals surface area contributed by atoms with E-state index < -0.39 is 0 Å². The van der Waals surface area contributed by atoms with E-state index >= 15 is 0 Å². The number of aromatic nitrogens is 2. The SMILES string of the molecule is O=c1[nH]c2c(O)cccc2n1CC1CCSC1. The number of hydrogen-bond donors (Lipinski definition) is 2. The molecule has 3 rings (SSSR count). The highest BCUT2D eigenvalue weighted by atomic mass is 32.2. The first kappa shape index (κ1) is 10.8. The minimum absolute atomic E-state index is 0.126. The first-order valence-corrected chi connectivity index (χ1v) is 6.89. The average Bonchev–Trinajstić information content (AvgIpc) is 2.91. The predicted molar refractivity (Wildman–Crippen MR) is 69.7 cm³/mol. The molecule has 4 nitrogen and oxygen atoms in total. The van der Waals surface area contributed by atoms with E-state index in [-0.39, 0.29) is 11.4 Å². The molecule has 1 aliphatic heterocycles. The number of rotatable bonds is 2. The summed E-state index contributed by atoms with van der Waals surface area (Å²) in [6, 6.07) is 5.23. The first-order valence-electron chi connectivity index (χ1n) is 5.74. The summed E-state index contributed by atoms with van der Waals surface area (Å²) in [5.74, 6) is 3.02. The molecular formula is C12H14N2O2S. The highest BCUT2D eigenvalue weighted by Gasteiger charge is 2.18. The topological polar surface area (TPSA) is 58.0 Å². The number of fused-ring (bicyclic) bond motifs is 1. The summed E-state index contributed by atoms with van der Waals surface area (Å²) in [5.41, 5.74) is 1.22. The molecule has 90 valence electrons. The Hall–Kier alpha value is -1.36. The number of H-pyrrole nitrogens is 1. The van der Waals surface area contributed by atoms with Crippen molar-refractivity contribution in [3.05, 3.63) is 28.7 Å². The van der Waals surface area contributed by atoms with Crippen LogP contribution < -0.4 is 5.69 Å². The minimum atomic E-state index is -0.126. The maximum absolute atomic E-state index is 11.9. The van der Waals surface area contributed by atoms with Gasteiger partial charge in [-0.2, -0.15) is 11.8 Å². The van der Waals surface area contributed by atoms with Gasteiger partial charge in [0.15, 0.2) is 0 Å². The van der Waals surface area contributed by atoms with E-state index in [0.717, 1.165) is 17.8 Å². The molecule has 0 aliphatic carbocycles. The number of nitrogens with zero attached hydrogens (tertiary/aromatic N) is 1. The van der Waals surface area contributed by atoms with Crippen molar-refractivity contribution in [1.29, 1.82) is 0 Å². The van der Waals surface area contributed by atoms with Gasteiger partial charge in [-0.1, -0.05) is 6.07 Å². The van der Waals surface area contributed by atoms with Gasteiger partial charge in [0.25, 0.3) is 0 Å². The van der Waals surface area contributed by atoms with Gasteiger partial charge in [-0.15, -0.1) is 0 Å². The van der Waals surface area contributed by atoms with Gasteiger partial charge in [-0.3, -0.25) is 4.57 Å². The zero-order valence-electron chi connectivity index (χ0n) is 9.35. The molecule has 1 atom stereocenters. The fourth-order valence-corrected chi connectivity index (χ4v) is 3.60. The molecule has 1 aromatic carbocycles. The third-order valence-corrected chi connectivity index (χ3v) is 4.48. The highest BCUT2D eigenvalue weighted by molar-refractivity contribution is 7.99. The van der Waals surface area contributed by atoms with E-state index in [4.69, 9.17) is 0 Å². The van der Waals surface area contributed by atoms with Crippen LogP contribution in [0.2, 0.25) is 0 Å². The van der Waals surface area contributed by atoms with E-state index in [0.29, 0.717) is 11.4 Å². The van der Waals surface area contributed by atoms with Crippen LogP contribution in [0.5, 0.6) is 5.75 Å². The van der Waals surface area contributed by atoms with Gasteiger partial charge in [-0.25, -0.2) is 4.79 Å². The first-order chi connectivity index (χ1) is 8.25. The van der Waals surface area contributed by atoms with E-state index in [1.54, 1.807) is 16.7 Å². The third-order valence-electron chi connectivity index (χ3n) is 3.25. The Balaban J connectivity index is 2.06. The molecule has 0 amide bonds. The minimum Gasteiger partial charge on any atom is -0.506 e. The standard InChI is InChI=1S/C12H14N2O2S/c15-10-3-1-2-9-11(10)13-12(16)14(9)6-8-4-5-17-7-8/h1-3,8,15H,4-7H2,(H,13,16). The largest absolute Gasteiger partial charge is 0.506 e. The number of para-hydroxylation sites is 1. The Morgan fingerprint density at radius 3 is 3.18 bits per heavy atom. The van der Waals surface area contributed by atoms with Crippen molar-refractivity contribution < 1.29 is 5.11 Å². The van der Waals surface area contributed by atoms with Crippen molar-refractivity contribution >= 4 is 22.8 Å². The van der Waals surface area contributed by atoms with Crippen molar-refractivity contribution in [1.82, 2.24) is 9.55 Å². The Bertz CT molecular complexity index is 596. The lowest BCUT2D eigenvalue weighted by Gasteiger charge is -2.09. The van der Waals surface area contributed by atoms with Crippen LogP contribution in [0.3, 0.4) is 0 Å². The molecule has 0 bridgehead atoms. The van der Waals surface area contributed by atoms with Gasteiger partial charge in [0, 0.05) is 6.54 Å². The molecule has 17 heavy (non-hydrogen) atoms. The van der Waals surface area contributed by atoms with Crippen molar-refractivity contribution in [2.75, 3.05) is 11.5 Å². The lowest BCUT2D eigenvalue weighted by atomic mass is 10.1. The summed E-state index contributed by atoms with van der Waals surface area (Å²) in [5, 5.41) is 9.68. The van der Waals surface area contributed by atoms with Crippen molar-refractivity contribution in [3.63, 3.8) is 0 Å². The van der Waals surface area contributed by atoms with E-state index in [1.165, 1.54) is 12.2 Å². The third kappa shape index (κ3) is 1.84. The smallest absolute Gasteiger partial charge is 0.326 e. The van der Waals surface area contributed by atoms with Gasteiger partial charge in [0.2, 0.25) is 0 Å². The Labute approximate surface area is 103 Å². The van der Waals surface area contributed by atoms with Crippen LogP contribution in [0, 0.1) is 5.92 Å². The molecule has 0 radical (unpaired) electrons. The van der Waals surface area contributed by atoms with Crippen LogP contribution >= 0.6 is 11.8 Å². The van der Waals surface area contributed by atoms with E-state index in [2.05, 4.69) is 4.98 Å². The molecule has 5 heteroatoms. The van der Waals surface area contributed by atoms with Crippen LogP contribution in [0.25, 0.3) is 11.0 Å². The van der Waals surface area contributed by atoms with Crippen LogP contribution in [-0.2, 0) is 6.54 Å². The van der Waals surface area contributed by atoms with E-state index in [9.17, 15) is 9.90 Å². The van der Waals surface area contributed by atoms with E-state index in [1.807, 2.05) is 17.8 Å². The van der Waals surface area contributed by atoms with Gasteiger partial charge in [0.1, 0.15) is 11.3 Å². The van der Waals surface area contributed by atoms with Crippen LogP contribution in [0.1, 0.15) is 6.42 Å². The fourth-order valence-electron chi connectivity index (χ4n) is 2.33. The molecule has 1 fully saturated rings. The average molecular weight is 250 g/mol. The monoisotopic (exact) mass is 250 g/mol. The lowest BCUT2D eigenvalue weighted by molar-refractivity contribution is 0.480. The predicted octanol–water partition coefficient (Wildman–Crippen LogP) is 1.79. The highest BCUT2D eigenvalue weighted by Crippen LogP contribution is 2.26.